The zero-order valence-corrected chi connectivity index (χ0v) is 15.5. The van der Waals surface area contributed by atoms with Crippen molar-refractivity contribution in [2.75, 3.05) is 7.11 Å². The number of ether oxygens (including phenoxy) is 1. The van der Waals surface area contributed by atoms with E-state index in [4.69, 9.17) is 15.9 Å². The summed E-state index contributed by atoms with van der Waals surface area (Å²) in [6.07, 6.45) is -0.587. The summed E-state index contributed by atoms with van der Waals surface area (Å²) in [5.74, 6) is -0.124. The number of benzene rings is 2. The highest BCUT2D eigenvalue weighted by Gasteiger charge is 2.14. The number of hydrogen-bond donors (Lipinski definition) is 2. The number of aromatic nitrogens is 1. The maximum atomic E-state index is 13.7. The number of alkyl halides is 2. The quantitative estimate of drug-likeness (QED) is 0.617. The molecule has 0 saturated heterocycles. The predicted molar refractivity (Wildman–Crippen MR) is 106 cm³/mol. The Kier molecular flexibility index (Phi) is 5.72. The maximum absolute atomic E-state index is 13.7. The monoisotopic (exact) mass is 401 g/mol. The largest absolute Gasteiger partial charge is 0.497 e. The third-order valence-electron chi connectivity index (χ3n) is 4.50. The molecule has 1 heterocycles. The second-order valence-electron chi connectivity index (χ2n) is 6.36. The Hall–Kier alpha value is -3.55. The number of halogens is 3. The van der Waals surface area contributed by atoms with Gasteiger partial charge in [0, 0.05) is 29.4 Å². The summed E-state index contributed by atoms with van der Waals surface area (Å²) in [6.45, 7) is 0.134. The lowest BCUT2D eigenvalue weighted by molar-refractivity contribution is 0.189. The molecular formula is C21H18F3N3O2. The summed E-state index contributed by atoms with van der Waals surface area (Å²) in [4.78, 5) is 12.8. The Morgan fingerprint density at radius 1 is 1.24 bits per heavy atom. The minimum Gasteiger partial charge on any atom is -0.497 e. The van der Waals surface area contributed by atoms with Gasteiger partial charge in [-0.1, -0.05) is 6.07 Å². The molecule has 2 aromatic carbocycles. The fourth-order valence-electron chi connectivity index (χ4n) is 3.06. The van der Waals surface area contributed by atoms with Crippen LogP contribution >= 0.6 is 0 Å². The first-order valence-electron chi connectivity index (χ1n) is 8.59. The van der Waals surface area contributed by atoms with Gasteiger partial charge in [0.2, 0.25) is 0 Å². The first-order valence-corrected chi connectivity index (χ1v) is 8.59. The molecule has 1 aromatic heterocycles. The van der Waals surface area contributed by atoms with Gasteiger partial charge >= 0.3 is 0 Å². The average molecular weight is 401 g/mol. The van der Waals surface area contributed by atoms with Gasteiger partial charge in [0.05, 0.1) is 19.4 Å². The molecule has 8 heteroatoms. The predicted octanol–water partition coefficient (Wildman–Crippen LogP) is 3.78. The number of rotatable bonds is 6. The number of nitrogens with one attached hydrogen (secondary N) is 1. The highest BCUT2D eigenvalue weighted by atomic mass is 19.3. The first kappa shape index (κ1) is 20.2. The van der Waals surface area contributed by atoms with E-state index in [1.54, 1.807) is 12.1 Å². The molecule has 3 aromatic rings. The van der Waals surface area contributed by atoms with Gasteiger partial charge < -0.3 is 20.4 Å². The highest BCUT2D eigenvalue weighted by molar-refractivity contribution is 6.10. The van der Waals surface area contributed by atoms with E-state index in [0.29, 0.717) is 27.6 Å². The molecule has 0 aliphatic carbocycles. The summed E-state index contributed by atoms with van der Waals surface area (Å²) in [5.41, 5.74) is 5.15. The van der Waals surface area contributed by atoms with E-state index in [-0.39, 0.29) is 17.7 Å². The van der Waals surface area contributed by atoms with Gasteiger partial charge in [0.1, 0.15) is 11.6 Å². The van der Waals surface area contributed by atoms with Crippen molar-refractivity contribution >= 4 is 22.6 Å². The summed E-state index contributed by atoms with van der Waals surface area (Å²) < 4.78 is 45.9. The van der Waals surface area contributed by atoms with Crippen molar-refractivity contribution < 1.29 is 17.9 Å². The molecule has 150 valence electrons. The fourth-order valence-corrected chi connectivity index (χ4v) is 3.06. The van der Waals surface area contributed by atoms with Crippen molar-refractivity contribution in [3.8, 4) is 5.75 Å². The molecule has 0 unspecified atom stereocenters. The van der Waals surface area contributed by atoms with Gasteiger partial charge in [-0.25, -0.2) is 13.2 Å². The van der Waals surface area contributed by atoms with Crippen LogP contribution < -0.4 is 16.0 Å². The Bertz CT molecular complexity index is 1170. The molecular weight excluding hydrogens is 383 g/mol. The zero-order valence-electron chi connectivity index (χ0n) is 15.5. The zero-order chi connectivity index (χ0) is 21.1. The van der Waals surface area contributed by atoms with Crippen molar-refractivity contribution in [3.05, 3.63) is 81.7 Å². The number of pyridine rings is 1. The third-order valence-corrected chi connectivity index (χ3v) is 4.50. The molecule has 0 atom stereocenters. The van der Waals surface area contributed by atoms with Crippen molar-refractivity contribution in [1.29, 1.82) is 5.41 Å². The topological polar surface area (TPSA) is 81.1 Å². The van der Waals surface area contributed by atoms with Crippen molar-refractivity contribution in [2.45, 2.75) is 13.0 Å². The summed E-state index contributed by atoms with van der Waals surface area (Å²) in [6, 6.07) is 10.3. The van der Waals surface area contributed by atoms with Gasteiger partial charge in [-0.2, -0.15) is 0 Å². The van der Waals surface area contributed by atoms with Crippen LogP contribution in [-0.4, -0.2) is 24.3 Å². The van der Waals surface area contributed by atoms with Crippen LogP contribution in [0.1, 0.15) is 11.1 Å². The molecule has 0 aliphatic heterocycles. The average Bonchev–Trinajstić information content (AvgIpc) is 2.70. The van der Waals surface area contributed by atoms with E-state index in [1.165, 1.54) is 48.2 Å². The Balaban J connectivity index is 2.03. The van der Waals surface area contributed by atoms with Crippen molar-refractivity contribution in [2.24, 2.45) is 5.73 Å². The number of allylic oxidation sites excluding steroid dienone is 2. The second-order valence-corrected chi connectivity index (χ2v) is 6.36. The van der Waals surface area contributed by atoms with E-state index < -0.39 is 17.9 Å². The number of fused-ring (bicyclic) bond motifs is 1. The standard InChI is InChI=1S/C21H18F3N3O2/c1-29-16-7-12(6-15(22)9-16)11-27-5-4-14-8-13(2-3-17(14)21(27)28)18(10-25)19(26)20(23)24/h2-10,20,25H,11,26H2,1H3/b19-18+,25-10?. The number of nitrogens with zero attached hydrogens (tertiary/aromatic N) is 1. The minimum atomic E-state index is -2.89. The van der Waals surface area contributed by atoms with Crippen LogP contribution in [0.5, 0.6) is 5.75 Å². The maximum Gasteiger partial charge on any atom is 0.278 e. The molecule has 0 fully saturated rings. The molecule has 0 amide bonds. The van der Waals surface area contributed by atoms with E-state index in [0.717, 1.165) is 6.21 Å². The molecule has 0 saturated carbocycles. The lowest BCUT2D eigenvalue weighted by atomic mass is 10.0. The Morgan fingerprint density at radius 3 is 2.66 bits per heavy atom. The minimum absolute atomic E-state index is 0.0991. The Labute approximate surface area is 164 Å². The van der Waals surface area contributed by atoms with Gasteiger partial charge in [0.15, 0.2) is 0 Å². The second kappa shape index (κ2) is 8.22. The van der Waals surface area contributed by atoms with Gasteiger partial charge in [-0.05, 0) is 46.8 Å². The van der Waals surface area contributed by atoms with Crippen LogP contribution in [0, 0.1) is 11.2 Å². The van der Waals surface area contributed by atoms with Crippen LogP contribution in [-0.2, 0) is 6.54 Å². The molecule has 0 spiro atoms. The number of methoxy groups -OCH3 is 1. The first-order chi connectivity index (χ1) is 13.8. The van der Waals surface area contributed by atoms with Gasteiger partial charge in [0.25, 0.3) is 12.0 Å². The normalized spacial score (nSPS) is 12.2. The Morgan fingerprint density at radius 2 is 2.00 bits per heavy atom. The van der Waals surface area contributed by atoms with Crippen LogP contribution in [0.2, 0.25) is 0 Å². The SMILES string of the molecule is COc1cc(F)cc(Cn2ccc3cc(/C(C=N)=C(/N)C(F)F)ccc3c2=O)c1. The van der Waals surface area contributed by atoms with E-state index in [2.05, 4.69) is 0 Å². The molecule has 29 heavy (non-hydrogen) atoms. The summed E-state index contributed by atoms with van der Waals surface area (Å²) in [5, 5.41) is 8.25. The lowest BCUT2D eigenvalue weighted by Gasteiger charge is -2.11. The highest BCUT2D eigenvalue weighted by Crippen LogP contribution is 2.22. The number of nitrogens with two attached hydrogens (primary N) is 1. The third kappa shape index (κ3) is 4.16. The fraction of sp³-hybridized carbons (Fsp3) is 0.143. The summed E-state index contributed by atoms with van der Waals surface area (Å²) in [7, 11) is 1.43. The van der Waals surface area contributed by atoms with Crippen LogP contribution in [0.15, 0.2) is 59.2 Å². The van der Waals surface area contributed by atoms with Crippen molar-refractivity contribution in [1.82, 2.24) is 4.57 Å². The molecule has 3 N–H and O–H groups in total. The molecule has 0 bridgehead atoms. The van der Waals surface area contributed by atoms with Gasteiger partial charge in [-0.3, -0.25) is 4.79 Å². The van der Waals surface area contributed by atoms with E-state index in [1.807, 2.05) is 0 Å². The molecule has 0 aliphatic rings. The molecule has 0 radical (unpaired) electrons. The van der Waals surface area contributed by atoms with E-state index in [9.17, 15) is 18.0 Å². The molecule has 5 nitrogen and oxygen atoms in total. The number of hydrogen-bond acceptors (Lipinski definition) is 4. The van der Waals surface area contributed by atoms with Crippen LogP contribution in [0.4, 0.5) is 13.2 Å². The summed E-state index contributed by atoms with van der Waals surface area (Å²) >= 11 is 0. The molecule has 3 rings (SSSR count). The van der Waals surface area contributed by atoms with Crippen LogP contribution in [0.25, 0.3) is 16.3 Å². The van der Waals surface area contributed by atoms with Crippen molar-refractivity contribution in [3.63, 3.8) is 0 Å². The van der Waals surface area contributed by atoms with E-state index >= 15 is 0 Å². The van der Waals surface area contributed by atoms with Crippen LogP contribution in [0.3, 0.4) is 0 Å². The lowest BCUT2D eigenvalue weighted by Crippen LogP contribution is -2.20. The smallest absolute Gasteiger partial charge is 0.278 e. The van der Waals surface area contributed by atoms with Gasteiger partial charge in [-0.15, -0.1) is 0 Å².